The summed E-state index contributed by atoms with van der Waals surface area (Å²) in [5.41, 5.74) is -2.30. The predicted molar refractivity (Wildman–Crippen MR) is 117 cm³/mol. The van der Waals surface area contributed by atoms with Gasteiger partial charge in [0.05, 0.1) is 16.9 Å². The summed E-state index contributed by atoms with van der Waals surface area (Å²) in [7, 11) is -4.30. The quantitative estimate of drug-likeness (QED) is 0.519. The summed E-state index contributed by atoms with van der Waals surface area (Å²) in [6, 6.07) is 9.14. The molecule has 0 spiro atoms. The van der Waals surface area contributed by atoms with E-state index in [-0.39, 0.29) is 35.1 Å². The molecule has 0 saturated carbocycles. The zero-order chi connectivity index (χ0) is 24.9. The third kappa shape index (κ3) is 4.82. The number of alkyl halides is 3. The van der Waals surface area contributed by atoms with Gasteiger partial charge in [0.15, 0.2) is 5.03 Å². The molecule has 0 amide bonds. The zero-order valence-corrected chi connectivity index (χ0v) is 18.9. The van der Waals surface area contributed by atoms with Crippen LogP contribution in [-0.4, -0.2) is 42.2 Å². The lowest BCUT2D eigenvalue weighted by Crippen LogP contribution is -2.60. The number of anilines is 2. The molecule has 0 bridgehead atoms. The van der Waals surface area contributed by atoms with Crippen molar-refractivity contribution in [2.24, 2.45) is 0 Å². The molecular weight excluding hydrogens is 476 g/mol. The van der Waals surface area contributed by atoms with Crippen LogP contribution in [0.3, 0.4) is 0 Å². The molecule has 3 heterocycles. The molecule has 7 nitrogen and oxygen atoms in total. The molecule has 0 aliphatic carbocycles. The van der Waals surface area contributed by atoms with E-state index in [1.807, 2.05) is 0 Å². The number of nitrogens with one attached hydrogen (secondary N) is 1. The lowest BCUT2D eigenvalue weighted by Gasteiger charge is -2.44. The van der Waals surface area contributed by atoms with Gasteiger partial charge in [-0.05, 0) is 61.9 Å². The van der Waals surface area contributed by atoms with E-state index in [1.165, 1.54) is 19.1 Å². The Hall–Kier alpha value is -3.25. The summed E-state index contributed by atoms with van der Waals surface area (Å²) in [5.74, 6) is -0.649. The highest BCUT2D eigenvalue weighted by Gasteiger charge is 2.38. The van der Waals surface area contributed by atoms with Gasteiger partial charge in [0, 0.05) is 18.7 Å². The number of benzene rings is 1. The van der Waals surface area contributed by atoms with Crippen molar-refractivity contribution in [1.82, 2.24) is 9.97 Å². The third-order valence-corrected chi connectivity index (χ3v) is 6.51. The van der Waals surface area contributed by atoms with E-state index in [0.717, 1.165) is 30.3 Å². The van der Waals surface area contributed by atoms with Crippen molar-refractivity contribution in [1.29, 1.82) is 0 Å². The van der Waals surface area contributed by atoms with Crippen LogP contribution in [0.4, 0.5) is 29.2 Å². The van der Waals surface area contributed by atoms with Gasteiger partial charge >= 0.3 is 6.18 Å². The van der Waals surface area contributed by atoms with E-state index in [1.54, 1.807) is 17.9 Å². The van der Waals surface area contributed by atoms with Crippen LogP contribution in [0.5, 0.6) is 0 Å². The van der Waals surface area contributed by atoms with Crippen molar-refractivity contribution in [3.63, 3.8) is 0 Å². The molecule has 4 rings (SSSR count). The molecule has 1 aliphatic heterocycles. The maximum Gasteiger partial charge on any atom is 0.418 e. The van der Waals surface area contributed by atoms with Crippen LogP contribution >= 0.6 is 0 Å². The second-order valence-electron chi connectivity index (χ2n) is 8.34. The van der Waals surface area contributed by atoms with Gasteiger partial charge in [-0.2, -0.15) is 21.6 Å². The van der Waals surface area contributed by atoms with E-state index in [4.69, 9.17) is 0 Å². The van der Waals surface area contributed by atoms with Crippen molar-refractivity contribution in [2.75, 3.05) is 22.7 Å². The maximum atomic E-state index is 13.6. The summed E-state index contributed by atoms with van der Waals surface area (Å²) in [6.45, 7) is 3.62. The van der Waals surface area contributed by atoms with E-state index in [0.29, 0.717) is 5.82 Å². The number of aryl methyl sites for hydroxylation is 1. The zero-order valence-electron chi connectivity index (χ0n) is 18.1. The predicted octanol–water partition coefficient (Wildman–Crippen LogP) is 3.98. The Morgan fingerprint density at radius 3 is 2.41 bits per heavy atom. The average molecular weight is 496 g/mol. The number of β-amino-alcohol motifs (C(OH)–C–C–N with tert-alkyl or cyclic N) is 1. The van der Waals surface area contributed by atoms with Crippen molar-refractivity contribution in [3.05, 3.63) is 65.5 Å². The number of hydrogen-bond acceptors (Lipinski definition) is 6. The van der Waals surface area contributed by atoms with Crippen molar-refractivity contribution < 1.29 is 31.1 Å². The number of halogens is 4. The first-order chi connectivity index (χ1) is 15.7. The van der Waals surface area contributed by atoms with Gasteiger partial charge in [-0.15, -0.1) is 0 Å². The summed E-state index contributed by atoms with van der Waals surface area (Å²) >= 11 is 0. The lowest BCUT2D eigenvalue weighted by molar-refractivity contribution is -0.137. The van der Waals surface area contributed by atoms with E-state index < -0.39 is 38.9 Å². The van der Waals surface area contributed by atoms with Crippen molar-refractivity contribution in [2.45, 2.75) is 30.7 Å². The Labute approximate surface area is 193 Å². The third-order valence-electron chi connectivity index (χ3n) is 5.25. The first-order valence-corrected chi connectivity index (χ1v) is 11.6. The van der Waals surface area contributed by atoms with Gasteiger partial charge in [-0.25, -0.2) is 14.4 Å². The average Bonchev–Trinajstić information content (AvgIpc) is 2.71. The number of aromatic nitrogens is 2. The minimum atomic E-state index is -4.77. The highest BCUT2D eigenvalue weighted by atomic mass is 32.2. The fourth-order valence-electron chi connectivity index (χ4n) is 3.70. The molecule has 1 aromatic carbocycles. The molecule has 2 N–H and O–H groups in total. The number of pyridine rings is 2. The van der Waals surface area contributed by atoms with Gasteiger partial charge < -0.3 is 10.0 Å². The Kier molecular flexibility index (Phi) is 5.76. The van der Waals surface area contributed by atoms with Crippen molar-refractivity contribution in [3.8, 4) is 11.3 Å². The Morgan fingerprint density at radius 2 is 1.79 bits per heavy atom. The van der Waals surface area contributed by atoms with Crippen LogP contribution < -0.4 is 9.62 Å². The minimum absolute atomic E-state index is 0.0136. The SMILES string of the molecule is Cc1cc(F)ccc1-c1nc(NS(=O)(=O)c2cccc(N3CC(C)(O)C3)n2)ccc1C(F)(F)F. The molecule has 12 heteroatoms. The van der Waals surface area contributed by atoms with Crippen LogP contribution in [0.2, 0.25) is 0 Å². The first kappa shape index (κ1) is 23.9. The number of aliphatic hydroxyl groups is 1. The Morgan fingerprint density at radius 1 is 1.09 bits per heavy atom. The van der Waals surface area contributed by atoms with Crippen molar-refractivity contribution >= 4 is 21.7 Å². The highest BCUT2D eigenvalue weighted by Crippen LogP contribution is 2.38. The molecule has 1 aliphatic rings. The topological polar surface area (TPSA) is 95.4 Å². The van der Waals surface area contributed by atoms with Gasteiger partial charge in [0.25, 0.3) is 10.0 Å². The molecule has 34 heavy (non-hydrogen) atoms. The first-order valence-electron chi connectivity index (χ1n) is 10.1. The van der Waals surface area contributed by atoms with Gasteiger partial charge in [0.1, 0.15) is 17.5 Å². The number of sulfonamides is 1. The Bertz CT molecular complexity index is 1350. The van der Waals surface area contributed by atoms with Crippen LogP contribution in [0.1, 0.15) is 18.1 Å². The minimum Gasteiger partial charge on any atom is -0.386 e. The van der Waals surface area contributed by atoms with E-state index in [9.17, 15) is 31.1 Å². The second-order valence-corrected chi connectivity index (χ2v) is 9.97. The van der Waals surface area contributed by atoms with Crippen LogP contribution in [0.25, 0.3) is 11.3 Å². The number of nitrogens with zero attached hydrogens (tertiary/aromatic N) is 3. The molecule has 0 atom stereocenters. The lowest BCUT2D eigenvalue weighted by atomic mass is 9.97. The van der Waals surface area contributed by atoms with E-state index >= 15 is 0 Å². The van der Waals surface area contributed by atoms with Gasteiger partial charge in [-0.3, -0.25) is 4.72 Å². The molecule has 0 unspecified atom stereocenters. The molecule has 2 aromatic heterocycles. The normalized spacial score (nSPS) is 15.7. The fraction of sp³-hybridized carbons (Fsp3) is 0.273. The summed E-state index contributed by atoms with van der Waals surface area (Å²) in [6.07, 6.45) is -4.77. The molecule has 180 valence electrons. The van der Waals surface area contributed by atoms with Gasteiger partial charge in [-0.1, -0.05) is 6.07 Å². The largest absolute Gasteiger partial charge is 0.418 e. The number of rotatable bonds is 5. The van der Waals surface area contributed by atoms with Crippen LogP contribution in [-0.2, 0) is 16.2 Å². The van der Waals surface area contributed by atoms with Gasteiger partial charge in [0.2, 0.25) is 0 Å². The Balaban J connectivity index is 1.69. The number of hydrogen-bond donors (Lipinski definition) is 2. The smallest absolute Gasteiger partial charge is 0.386 e. The summed E-state index contributed by atoms with van der Waals surface area (Å²) < 4.78 is 82.3. The summed E-state index contributed by atoms with van der Waals surface area (Å²) in [4.78, 5) is 9.70. The van der Waals surface area contributed by atoms with Crippen LogP contribution in [0, 0.1) is 12.7 Å². The maximum absolute atomic E-state index is 13.6. The fourth-order valence-corrected chi connectivity index (χ4v) is 4.67. The second kappa shape index (κ2) is 8.20. The molecule has 3 aromatic rings. The summed E-state index contributed by atoms with van der Waals surface area (Å²) in [5, 5.41) is 9.53. The molecule has 0 radical (unpaired) electrons. The highest BCUT2D eigenvalue weighted by molar-refractivity contribution is 7.92. The monoisotopic (exact) mass is 496 g/mol. The molecule has 1 saturated heterocycles. The molecule has 1 fully saturated rings. The standard InChI is InChI=1S/C22H20F4N4O3S/c1-13-10-14(23)6-7-15(13)20-16(22(24,25)26)8-9-17(27-20)29-34(32,33)19-5-3-4-18(28-19)30-11-21(2,31)12-30/h3-10,31H,11-12H2,1-2H3,(H,27,29). The molecular formula is C22H20F4N4O3S. The van der Waals surface area contributed by atoms with Crippen LogP contribution in [0.15, 0.2) is 53.6 Å². The van der Waals surface area contributed by atoms with E-state index in [2.05, 4.69) is 14.7 Å².